The molecule has 3 atom stereocenters. The second kappa shape index (κ2) is 15.5. The largest absolute Gasteiger partial charge is 0.481 e. The summed E-state index contributed by atoms with van der Waals surface area (Å²) in [5, 5.41) is 25.5. The van der Waals surface area contributed by atoms with E-state index in [2.05, 4.69) is 16.0 Å². The number of hydrogen-bond acceptors (Lipinski definition) is 7. The number of benzene rings is 2. The molecule has 0 aliphatic rings. The van der Waals surface area contributed by atoms with E-state index in [1.165, 1.54) is 0 Å². The molecule has 2 aromatic rings. The molecule has 3 unspecified atom stereocenters. The smallest absolute Gasteiger partial charge is 0.305 e. The van der Waals surface area contributed by atoms with Gasteiger partial charge in [0, 0.05) is 18.2 Å². The Morgan fingerprint density at radius 1 is 0.974 bits per heavy atom. The van der Waals surface area contributed by atoms with Gasteiger partial charge >= 0.3 is 5.97 Å². The van der Waals surface area contributed by atoms with Crippen molar-refractivity contribution in [3.8, 4) is 17.6 Å². The molecule has 0 heterocycles. The van der Waals surface area contributed by atoms with Gasteiger partial charge in [0.25, 0.3) is 0 Å². The number of carbonyl (C=O) groups is 5. The van der Waals surface area contributed by atoms with Gasteiger partial charge in [0.2, 0.25) is 17.7 Å². The minimum atomic E-state index is -1.31. The van der Waals surface area contributed by atoms with E-state index in [1.54, 1.807) is 50.2 Å². The Bertz CT molecular complexity index is 1190. The van der Waals surface area contributed by atoms with Crippen LogP contribution in [0.4, 0.5) is 5.69 Å². The molecule has 0 fully saturated rings. The van der Waals surface area contributed by atoms with Gasteiger partial charge in [-0.15, -0.1) is 0 Å². The molecule has 0 saturated heterocycles. The molecule has 39 heavy (non-hydrogen) atoms. The van der Waals surface area contributed by atoms with E-state index in [0.29, 0.717) is 17.2 Å². The van der Waals surface area contributed by atoms with Gasteiger partial charge in [0.15, 0.2) is 0 Å². The highest BCUT2D eigenvalue weighted by Crippen LogP contribution is 2.24. The first-order valence-electron chi connectivity index (χ1n) is 12.4. The zero-order valence-corrected chi connectivity index (χ0v) is 21.8. The second-order valence-corrected chi connectivity index (χ2v) is 9.22. The van der Waals surface area contributed by atoms with E-state index in [-0.39, 0.29) is 31.5 Å². The van der Waals surface area contributed by atoms with Crippen LogP contribution in [0.1, 0.15) is 39.5 Å². The van der Waals surface area contributed by atoms with Crippen LogP contribution in [0, 0.1) is 23.2 Å². The summed E-state index contributed by atoms with van der Waals surface area (Å²) >= 11 is 0. The Hall–Kier alpha value is -4.72. The van der Waals surface area contributed by atoms with Gasteiger partial charge in [0.05, 0.1) is 18.5 Å². The van der Waals surface area contributed by atoms with E-state index in [4.69, 9.17) is 15.1 Å². The molecule has 0 spiro atoms. The lowest BCUT2D eigenvalue weighted by atomic mass is 9.94. The molecule has 2 rings (SSSR count). The molecule has 3 amide bonds. The van der Waals surface area contributed by atoms with Crippen molar-refractivity contribution in [1.29, 1.82) is 5.26 Å². The number of nitrogens with zero attached hydrogens (tertiary/aromatic N) is 1. The lowest BCUT2D eigenvalue weighted by Crippen LogP contribution is -2.51. The molecule has 0 aromatic heterocycles. The van der Waals surface area contributed by atoms with Gasteiger partial charge in [-0.1, -0.05) is 38.1 Å². The third-order valence-corrected chi connectivity index (χ3v) is 5.48. The maximum atomic E-state index is 13.1. The number of carboxylic acids is 1. The summed E-state index contributed by atoms with van der Waals surface area (Å²) in [5.74, 6) is -3.82. The number of anilines is 1. The number of hydrogen-bond donors (Lipinski definition) is 4. The molecule has 11 nitrogen and oxygen atoms in total. The minimum Gasteiger partial charge on any atom is -0.481 e. The SMILES string of the molecule is CC(C)CC(C(=O)NC(C=O)CC(=O)O)C(=O)NC(CCC#N)C(=O)Nc1cccc(Oc2ccccc2)c1. The molecule has 206 valence electrons. The molecule has 4 N–H and O–H groups in total. The summed E-state index contributed by atoms with van der Waals surface area (Å²) in [6.45, 7) is 3.57. The fraction of sp³-hybridized carbons (Fsp3) is 0.357. The third kappa shape index (κ3) is 10.7. The number of ether oxygens (including phenoxy) is 1. The van der Waals surface area contributed by atoms with E-state index >= 15 is 0 Å². The Morgan fingerprint density at radius 3 is 2.26 bits per heavy atom. The molecular weight excluding hydrogens is 504 g/mol. The standard InChI is InChI=1S/C28H32N4O7/c1-18(2)14-23(26(36)31-20(17-33)16-25(34)35)27(37)32-24(12-7-13-29)28(38)30-19-8-6-11-22(15-19)39-21-9-4-3-5-10-21/h3-6,8-11,15,17-18,20,23-24H,7,12,14,16H2,1-2H3,(H,30,38)(H,31,36)(H,32,37)(H,34,35). The first-order valence-corrected chi connectivity index (χ1v) is 12.4. The van der Waals surface area contributed by atoms with Gasteiger partial charge in [0.1, 0.15) is 29.7 Å². The maximum absolute atomic E-state index is 13.1. The van der Waals surface area contributed by atoms with Crippen LogP contribution in [0.25, 0.3) is 0 Å². The Balaban J connectivity index is 2.16. The third-order valence-electron chi connectivity index (χ3n) is 5.48. The molecule has 0 bridgehead atoms. The normalized spacial score (nSPS) is 12.8. The number of aliphatic carboxylic acids is 1. The molecule has 0 radical (unpaired) electrons. The first-order chi connectivity index (χ1) is 18.6. The summed E-state index contributed by atoms with van der Waals surface area (Å²) in [6, 6.07) is 15.2. The zero-order chi connectivity index (χ0) is 28.8. The van der Waals surface area contributed by atoms with Crippen LogP contribution in [0.3, 0.4) is 0 Å². The lowest BCUT2D eigenvalue weighted by Gasteiger charge is -2.23. The van der Waals surface area contributed by atoms with Crippen LogP contribution in [-0.2, 0) is 24.0 Å². The average molecular weight is 537 g/mol. The topological polar surface area (TPSA) is 175 Å². The second-order valence-electron chi connectivity index (χ2n) is 9.22. The summed E-state index contributed by atoms with van der Waals surface area (Å²) in [4.78, 5) is 61.2. The van der Waals surface area contributed by atoms with Crippen LogP contribution in [0.2, 0.25) is 0 Å². The van der Waals surface area contributed by atoms with Crippen LogP contribution in [-0.4, -0.2) is 47.2 Å². The van der Waals surface area contributed by atoms with Crippen molar-refractivity contribution < 1.29 is 33.8 Å². The molecule has 0 saturated carbocycles. The van der Waals surface area contributed by atoms with Crippen LogP contribution in [0.5, 0.6) is 11.5 Å². The van der Waals surface area contributed by atoms with Crippen molar-refractivity contribution in [3.63, 3.8) is 0 Å². The Labute approximate surface area is 226 Å². The fourth-order valence-corrected chi connectivity index (χ4v) is 3.65. The lowest BCUT2D eigenvalue weighted by molar-refractivity contribution is -0.140. The predicted molar refractivity (Wildman–Crippen MR) is 142 cm³/mol. The van der Waals surface area contributed by atoms with Gasteiger partial charge < -0.3 is 30.6 Å². The van der Waals surface area contributed by atoms with Gasteiger partial charge in [-0.05, 0) is 43.0 Å². The number of nitrogens with one attached hydrogen (secondary N) is 3. The number of aldehydes is 1. The van der Waals surface area contributed by atoms with Gasteiger partial charge in [-0.3, -0.25) is 19.2 Å². The van der Waals surface area contributed by atoms with Crippen LogP contribution < -0.4 is 20.7 Å². The Morgan fingerprint density at radius 2 is 1.64 bits per heavy atom. The number of para-hydroxylation sites is 1. The minimum absolute atomic E-state index is 0.0136. The summed E-state index contributed by atoms with van der Waals surface area (Å²) in [6.07, 6.45) is -0.314. The highest BCUT2D eigenvalue weighted by atomic mass is 16.5. The molecule has 2 aromatic carbocycles. The number of amides is 3. The van der Waals surface area contributed by atoms with Crippen LogP contribution in [0.15, 0.2) is 54.6 Å². The van der Waals surface area contributed by atoms with E-state index in [9.17, 15) is 24.0 Å². The highest BCUT2D eigenvalue weighted by Gasteiger charge is 2.32. The monoisotopic (exact) mass is 536 g/mol. The first kappa shape index (κ1) is 30.5. The van der Waals surface area contributed by atoms with Crippen molar-refractivity contribution in [3.05, 3.63) is 54.6 Å². The number of rotatable bonds is 15. The van der Waals surface area contributed by atoms with Crippen molar-refractivity contribution in [2.24, 2.45) is 11.8 Å². The maximum Gasteiger partial charge on any atom is 0.305 e. The Kier molecular flexibility index (Phi) is 12.1. The predicted octanol–water partition coefficient (Wildman–Crippen LogP) is 3.03. The number of nitriles is 1. The van der Waals surface area contributed by atoms with Gasteiger partial charge in [-0.2, -0.15) is 5.26 Å². The van der Waals surface area contributed by atoms with Crippen molar-refractivity contribution in [2.75, 3.05) is 5.32 Å². The van der Waals surface area contributed by atoms with Crippen molar-refractivity contribution in [1.82, 2.24) is 10.6 Å². The highest BCUT2D eigenvalue weighted by molar-refractivity contribution is 6.04. The van der Waals surface area contributed by atoms with E-state index in [0.717, 1.165) is 0 Å². The van der Waals surface area contributed by atoms with E-state index < -0.39 is 48.1 Å². The van der Waals surface area contributed by atoms with Crippen LogP contribution >= 0.6 is 0 Å². The fourth-order valence-electron chi connectivity index (χ4n) is 3.65. The molecule has 11 heteroatoms. The molecular formula is C28H32N4O7. The average Bonchev–Trinajstić information content (AvgIpc) is 2.89. The molecule has 0 aliphatic heterocycles. The van der Waals surface area contributed by atoms with Crippen molar-refractivity contribution in [2.45, 2.75) is 51.6 Å². The quantitative estimate of drug-likeness (QED) is 0.198. The summed E-state index contributed by atoms with van der Waals surface area (Å²) in [5.41, 5.74) is 0.392. The summed E-state index contributed by atoms with van der Waals surface area (Å²) in [7, 11) is 0. The molecule has 0 aliphatic carbocycles. The van der Waals surface area contributed by atoms with Gasteiger partial charge in [-0.25, -0.2) is 0 Å². The number of carboxylic acid groups (broad SMARTS) is 1. The van der Waals surface area contributed by atoms with Crippen molar-refractivity contribution >= 4 is 35.7 Å². The number of carbonyl (C=O) groups excluding carboxylic acids is 4. The summed E-state index contributed by atoms with van der Waals surface area (Å²) < 4.78 is 5.78. The zero-order valence-electron chi connectivity index (χ0n) is 21.8. The van der Waals surface area contributed by atoms with E-state index in [1.807, 2.05) is 24.3 Å².